The molecule has 1 aliphatic heterocycles. The lowest BCUT2D eigenvalue weighted by Crippen LogP contribution is -2.58. The number of hydrogen-bond acceptors (Lipinski definition) is 6. The molecule has 31 heavy (non-hydrogen) atoms. The molecule has 170 valence electrons. The Balaban J connectivity index is 1.82. The predicted octanol–water partition coefficient (Wildman–Crippen LogP) is 2.43. The minimum atomic E-state index is -5.15. The summed E-state index contributed by atoms with van der Waals surface area (Å²) in [4.78, 5) is 19.9. The van der Waals surface area contributed by atoms with Gasteiger partial charge in [0.2, 0.25) is 5.60 Å². The van der Waals surface area contributed by atoms with Gasteiger partial charge in [-0.15, -0.1) is 0 Å². The number of hydrogen-bond donors (Lipinski definition) is 1. The molecular weight excluding hydrogens is 437 g/mol. The molecule has 1 N–H and O–H groups in total. The Morgan fingerprint density at radius 3 is 2.48 bits per heavy atom. The number of halogens is 4. The molecule has 1 aromatic heterocycles. The van der Waals surface area contributed by atoms with E-state index in [1.54, 1.807) is 11.0 Å². The zero-order chi connectivity index (χ0) is 22.8. The van der Waals surface area contributed by atoms with E-state index >= 15 is 0 Å². The highest BCUT2D eigenvalue weighted by Gasteiger charge is 2.65. The zero-order valence-electron chi connectivity index (χ0n) is 17.1. The van der Waals surface area contributed by atoms with Crippen molar-refractivity contribution in [1.82, 2.24) is 14.5 Å². The number of methoxy groups -OCH3 is 1. The Morgan fingerprint density at radius 1 is 1.29 bits per heavy atom. The summed E-state index contributed by atoms with van der Waals surface area (Å²) in [7, 11) is 2.33. The highest BCUT2D eigenvalue weighted by Crippen LogP contribution is 2.44. The minimum Gasteiger partial charge on any atom is -0.469 e. The largest absolute Gasteiger partial charge is 0.469 e. The van der Waals surface area contributed by atoms with Gasteiger partial charge < -0.3 is 19.3 Å². The summed E-state index contributed by atoms with van der Waals surface area (Å²) >= 11 is 6.04. The van der Waals surface area contributed by atoms with E-state index in [0.29, 0.717) is 31.2 Å². The first kappa shape index (κ1) is 23.4. The Labute approximate surface area is 183 Å². The number of carbonyl (C=O) groups excluding carboxylic acids is 1. The van der Waals surface area contributed by atoms with E-state index in [-0.39, 0.29) is 6.54 Å². The van der Waals surface area contributed by atoms with Crippen molar-refractivity contribution >= 4 is 23.3 Å². The molecule has 1 aromatic carbocycles. The number of rotatable bonds is 6. The van der Waals surface area contributed by atoms with E-state index in [1.807, 2.05) is 18.2 Å². The maximum absolute atomic E-state index is 14.1. The van der Waals surface area contributed by atoms with Crippen LogP contribution in [0.5, 0.6) is 0 Å². The van der Waals surface area contributed by atoms with Gasteiger partial charge in [-0.3, -0.25) is 9.69 Å². The van der Waals surface area contributed by atoms with E-state index in [0.717, 1.165) is 23.6 Å². The minimum absolute atomic E-state index is 0.334. The van der Waals surface area contributed by atoms with Crippen molar-refractivity contribution in [1.29, 1.82) is 0 Å². The van der Waals surface area contributed by atoms with Crippen LogP contribution in [0.1, 0.15) is 5.82 Å². The first-order chi connectivity index (χ1) is 14.6. The molecule has 1 aliphatic rings. The summed E-state index contributed by atoms with van der Waals surface area (Å²) in [6, 6.07) is 7.31. The average Bonchev–Trinajstić information content (AvgIpc) is 3.17. The van der Waals surface area contributed by atoms with E-state index < -0.39 is 29.5 Å². The molecule has 3 rings (SSSR count). The molecule has 2 atom stereocenters. The van der Waals surface area contributed by atoms with Gasteiger partial charge in [0, 0.05) is 62.9 Å². The summed E-state index contributed by atoms with van der Waals surface area (Å²) in [5.74, 6) is -3.72. The third-order valence-corrected chi connectivity index (χ3v) is 5.81. The highest BCUT2D eigenvalue weighted by molar-refractivity contribution is 6.30. The Morgan fingerprint density at radius 2 is 1.97 bits per heavy atom. The number of anilines is 1. The van der Waals surface area contributed by atoms with Crippen LogP contribution in [0.2, 0.25) is 5.02 Å². The number of ether oxygens (including phenoxy) is 1. The number of aromatic nitrogens is 2. The molecule has 2 heterocycles. The summed E-state index contributed by atoms with van der Waals surface area (Å²) in [5.41, 5.74) is -2.58. The van der Waals surface area contributed by atoms with Crippen molar-refractivity contribution in [2.75, 3.05) is 44.7 Å². The zero-order valence-corrected chi connectivity index (χ0v) is 17.9. The van der Waals surface area contributed by atoms with Crippen LogP contribution in [-0.4, -0.2) is 71.5 Å². The molecule has 0 saturated carbocycles. The SMILES string of the molecule is COC(=O)C(CN1CCN(c2cccc(Cl)c2)CC1)C(O)(c1nccn1C)C(F)(F)F. The molecule has 0 amide bonds. The fourth-order valence-electron chi connectivity index (χ4n) is 3.85. The summed E-state index contributed by atoms with van der Waals surface area (Å²) in [6.45, 7) is 1.52. The molecule has 0 aliphatic carbocycles. The quantitative estimate of drug-likeness (QED) is 0.668. The number of piperazine rings is 1. The highest BCUT2D eigenvalue weighted by atomic mass is 35.5. The van der Waals surface area contributed by atoms with Gasteiger partial charge in [-0.1, -0.05) is 17.7 Å². The smallest absolute Gasteiger partial charge is 0.425 e. The second-order valence-corrected chi connectivity index (χ2v) is 7.91. The number of alkyl halides is 3. The van der Waals surface area contributed by atoms with Gasteiger partial charge in [0.25, 0.3) is 0 Å². The standard InChI is InChI=1S/C20H24ClF3N4O3/c1-26-7-6-25-18(26)19(30,20(22,23)24)16(17(29)31-2)13-27-8-10-28(11-9-27)15-5-3-4-14(21)12-15/h3-7,12,16,30H,8-11,13H2,1-2H3. The maximum atomic E-state index is 14.1. The van der Waals surface area contributed by atoms with Crippen LogP contribution in [0.25, 0.3) is 0 Å². The van der Waals surface area contributed by atoms with Crippen LogP contribution in [0.15, 0.2) is 36.7 Å². The van der Waals surface area contributed by atoms with Crippen molar-refractivity contribution in [3.05, 3.63) is 47.5 Å². The monoisotopic (exact) mass is 460 g/mol. The lowest BCUT2D eigenvalue weighted by Gasteiger charge is -2.41. The van der Waals surface area contributed by atoms with E-state index in [9.17, 15) is 23.1 Å². The van der Waals surface area contributed by atoms with E-state index in [4.69, 9.17) is 11.6 Å². The van der Waals surface area contributed by atoms with Crippen molar-refractivity contribution in [3.63, 3.8) is 0 Å². The van der Waals surface area contributed by atoms with E-state index in [1.165, 1.54) is 13.2 Å². The fraction of sp³-hybridized carbons (Fsp3) is 0.500. The Bertz CT molecular complexity index is 915. The molecule has 11 heteroatoms. The number of nitrogens with zero attached hydrogens (tertiary/aromatic N) is 4. The van der Waals surface area contributed by atoms with Crippen LogP contribution in [-0.2, 0) is 22.2 Å². The molecule has 0 bridgehead atoms. The summed E-state index contributed by atoms with van der Waals surface area (Å²) in [6.07, 6.45) is -2.72. The number of benzene rings is 1. The predicted molar refractivity (Wildman–Crippen MR) is 109 cm³/mol. The Hall–Kier alpha value is -2.30. The number of carbonyl (C=O) groups is 1. The van der Waals surface area contributed by atoms with Gasteiger partial charge in [-0.2, -0.15) is 13.2 Å². The molecule has 2 unspecified atom stereocenters. The number of aliphatic hydroxyl groups is 1. The number of imidazole rings is 1. The number of esters is 1. The van der Waals surface area contributed by atoms with Crippen LogP contribution in [0.4, 0.5) is 18.9 Å². The second-order valence-electron chi connectivity index (χ2n) is 7.47. The molecule has 0 radical (unpaired) electrons. The fourth-order valence-corrected chi connectivity index (χ4v) is 4.04. The molecule has 1 saturated heterocycles. The summed E-state index contributed by atoms with van der Waals surface area (Å²) < 4.78 is 48.1. The number of aryl methyl sites for hydroxylation is 1. The third kappa shape index (κ3) is 4.65. The first-order valence-electron chi connectivity index (χ1n) is 9.65. The van der Waals surface area contributed by atoms with Gasteiger partial charge in [0.05, 0.1) is 7.11 Å². The van der Waals surface area contributed by atoms with Gasteiger partial charge in [0.1, 0.15) is 5.92 Å². The van der Waals surface area contributed by atoms with Gasteiger partial charge >= 0.3 is 12.1 Å². The van der Waals surface area contributed by atoms with Gasteiger partial charge in [0.15, 0.2) is 5.82 Å². The van der Waals surface area contributed by atoms with Crippen LogP contribution in [0.3, 0.4) is 0 Å². The van der Waals surface area contributed by atoms with Crippen molar-refractivity contribution in [2.45, 2.75) is 11.8 Å². The average molecular weight is 461 g/mol. The molecule has 7 nitrogen and oxygen atoms in total. The van der Waals surface area contributed by atoms with Crippen molar-refractivity contribution in [2.24, 2.45) is 13.0 Å². The topological polar surface area (TPSA) is 70.8 Å². The summed E-state index contributed by atoms with van der Waals surface area (Å²) in [5, 5.41) is 11.5. The van der Waals surface area contributed by atoms with Crippen LogP contribution in [0, 0.1) is 5.92 Å². The van der Waals surface area contributed by atoms with Gasteiger partial charge in [-0.05, 0) is 18.2 Å². The first-order valence-corrected chi connectivity index (χ1v) is 10.0. The lowest BCUT2D eigenvalue weighted by atomic mass is 9.84. The molecule has 1 fully saturated rings. The lowest BCUT2D eigenvalue weighted by molar-refractivity contribution is -0.291. The third-order valence-electron chi connectivity index (χ3n) is 5.57. The van der Waals surface area contributed by atoms with Crippen molar-refractivity contribution in [3.8, 4) is 0 Å². The molecular formula is C20H24ClF3N4O3. The van der Waals surface area contributed by atoms with Crippen LogP contribution < -0.4 is 4.90 Å². The second kappa shape index (κ2) is 9.05. The molecule has 0 spiro atoms. The maximum Gasteiger partial charge on any atom is 0.425 e. The molecule has 2 aromatic rings. The van der Waals surface area contributed by atoms with E-state index in [2.05, 4.69) is 14.6 Å². The van der Waals surface area contributed by atoms with Crippen molar-refractivity contribution < 1.29 is 27.8 Å². The normalized spacial score (nSPS) is 18.5. The van der Waals surface area contributed by atoms with Gasteiger partial charge in [-0.25, -0.2) is 4.98 Å². The Kier molecular flexibility index (Phi) is 6.82. The van der Waals surface area contributed by atoms with Crippen LogP contribution >= 0.6 is 11.6 Å².